The Hall–Kier alpha value is -2.93. The SMILES string of the molecule is COc1ccc(OCc2ccc(C(=O)Nc3nncs3)cc2)cc1. The lowest BCUT2D eigenvalue weighted by atomic mass is 10.1. The molecule has 0 aliphatic carbocycles. The van der Waals surface area contributed by atoms with Crippen LogP contribution in [-0.2, 0) is 6.61 Å². The van der Waals surface area contributed by atoms with Gasteiger partial charge in [0.1, 0.15) is 23.6 Å². The van der Waals surface area contributed by atoms with Gasteiger partial charge in [0.25, 0.3) is 5.91 Å². The van der Waals surface area contributed by atoms with Crippen molar-refractivity contribution in [2.75, 3.05) is 12.4 Å². The fourth-order valence-electron chi connectivity index (χ4n) is 1.99. The predicted octanol–water partition coefficient (Wildman–Crippen LogP) is 3.38. The summed E-state index contributed by atoms with van der Waals surface area (Å²) in [5.41, 5.74) is 3.09. The minimum Gasteiger partial charge on any atom is -0.497 e. The highest BCUT2D eigenvalue weighted by Gasteiger charge is 2.08. The molecule has 0 radical (unpaired) electrons. The summed E-state index contributed by atoms with van der Waals surface area (Å²) >= 11 is 1.27. The lowest BCUT2D eigenvalue weighted by Gasteiger charge is -2.08. The number of hydrogen-bond donors (Lipinski definition) is 1. The molecular weight excluding hydrogens is 326 g/mol. The molecule has 0 unspecified atom stereocenters. The van der Waals surface area contributed by atoms with Crippen molar-refractivity contribution >= 4 is 22.4 Å². The lowest BCUT2D eigenvalue weighted by molar-refractivity contribution is 0.102. The van der Waals surface area contributed by atoms with E-state index in [0.29, 0.717) is 17.3 Å². The zero-order valence-corrected chi connectivity index (χ0v) is 13.7. The first-order chi connectivity index (χ1) is 11.7. The second-order valence-electron chi connectivity index (χ2n) is 4.86. The first-order valence-electron chi connectivity index (χ1n) is 7.18. The van der Waals surface area contributed by atoms with E-state index in [1.165, 1.54) is 11.3 Å². The van der Waals surface area contributed by atoms with Gasteiger partial charge in [-0.25, -0.2) is 0 Å². The Labute approximate surface area is 143 Å². The maximum atomic E-state index is 12.0. The number of rotatable bonds is 6. The molecule has 0 saturated carbocycles. The summed E-state index contributed by atoms with van der Waals surface area (Å²) in [7, 11) is 1.62. The smallest absolute Gasteiger partial charge is 0.257 e. The number of amides is 1. The van der Waals surface area contributed by atoms with Crippen molar-refractivity contribution in [2.45, 2.75) is 6.61 Å². The average Bonchev–Trinajstić information content (AvgIpc) is 3.14. The number of anilines is 1. The highest BCUT2D eigenvalue weighted by Crippen LogP contribution is 2.18. The highest BCUT2D eigenvalue weighted by molar-refractivity contribution is 7.13. The Morgan fingerprint density at radius 1 is 1.08 bits per heavy atom. The van der Waals surface area contributed by atoms with Gasteiger partial charge in [0.2, 0.25) is 5.13 Å². The molecule has 1 aromatic heterocycles. The van der Waals surface area contributed by atoms with E-state index in [0.717, 1.165) is 17.1 Å². The lowest BCUT2D eigenvalue weighted by Crippen LogP contribution is -2.11. The summed E-state index contributed by atoms with van der Waals surface area (Å²) in [5.74, 6) is 1.33. The number of methoxy groups -OCH3 is 1. The van der Waals surface area contributed by atoms with Crippen molar-refractivity contribution in [2.24, 2.45) is 0 Å². The Kier molecular flexibility index (Phi) is 5.02. The van der Waals surface area contributed by atoms with Crippen LogP contribution in [-0.4, -0.2) is 23.2 Å². The van der Waals surface area contributed by atoms with Gasteiger partial charge in [-0.1, -0.05) is 23.5 Å². The summed E-state index contributed by atoms with van der Waals surface area (Å²) in [4.78, 5) is 12.0. The second kappa shape index (κ2) is 7.56. The Morgan fingerprint density at radius 3 is 2.42 bits per heavy atom. The molecule has 1 N–H and O–H groups in total. The minimum atomic E-state index is -0.214. The van der Waals surface area contributed by atoms with Crippen molar-refractivity contribution in [3.63, 3.8) is 0 Å². The summed E-state index contributed by atoms with van der Waals surface area (Å²) in [5, 5.41) is 10.6. The van der Waals surface area contributed by atoms with E-state index in [2.05, 4.69) is 15.5 Å². The number of benzene rings is 2. The number of aromatic nitrogens is 2. The maximum absolute atomic E-state index is 12.0. The number of carbonyl (C=O) groups excluding carboxylic acids is 1. The number of nitrogens with one attached hydrogen (secondary N) is 1. The van der Waals surface area contributed by atoms with Gasteiger partial charge in [0, 0.05) is 5.56 Å². The zero-order valence-electron chi connectivity index (χ0n) is 12.9. The third-order valence-corrected chi connectivity index (χ3v) is 3.87. The number of ether oxygens (including phenoxy) is 2. The topological polar surface area (TPSA) is 73.3 Å². The maximum Gasteiger partial charge on any atom is 0.257 e. The molecule has 0 aliphatic heterocycles. The Morgan fingerprint density at radius 2 is 1.79 bits per heavy atom. The van der Waals surface area contributed by atoms with Crippen molar-refractivity contribution in [1.82, 2.24) is 10.2 Å². The number of carbonyl (C=O) groups is 1. The Balaban J connectivity index is 1.56. The summed E-state index contributed by atoms with van der Waals surface area (Å²) < 4.78 is 10.8. The van der Waals surface area contributed by atoms with Gasteiger partial charge < -0.3 is 9.47 Å². The fourth-order valence-corrected chi connectivity index (χ4v) is 2.43. The predicted molar refractivity (Wildman–Crippen MR) is 91.6 cm³/mol. The second-order valence-corrected chi connectivity index (χ2v) is 5.69. The van der Waals surface area contributed by atoms with E-state index in [9.17, 15) is 4.79 Å². The molecule has 0 fully saturated rings. The van der Waals surface area contributed by atoms with E-state index < -0.39 is 0 Å². The van der Waals surface area contributed by atoms with Gasteiger partial charge in [-0.2, -0.15) is 0 Å². The highest BCUT2D eigenvalue weighted by atomic mass is 32.1. The van der Waals surface area contributed by atoms with Gasteiger partial charge in [0.15, 0.2) is 0 Å². The van der Waals surface area contributed by atoms with Crippen LogP contribution in [0, 0.1) is 0 Å². The Bertz CT molecular complexity index is 787. The molecule has 1 amide bonds. The van der Waals surface area contributed by atoms with Crippen molar-refractivity contribution in [3.05, 3.63) is 65.2 Å². The van der Waals surface area contributed by atoms with E-state index in [-0.39, 0.29) is 5.91 Å². The van der Waals surface area contributed by atoms with Gasteiger partial charge in [-0.3, -0.25) is 10.1 Å². The van der Waals surface area contributed by atoms with E-state index >= 15 is 0 Å². The van der Waals surface area contributed by atoms with Crippen LogP contribution in [0.15, 0.2) is 54.0 Å². The van der Waals surface area contributed by atoms with E-state index in [4.69, 9.17) is 9.47 Å². The molecule has 24 heavy (non-hydrogen) atoms. The van der Waals surface area contributed by atoms with Crippen LogP contribution in [0.1, 0.15) is 15.9 Å². The summed E-state index contributed by atoms with van der Waals surface area (Å²) in [6.07, 6.45) is 0. The largest absolute Gasteiger partial charge is 0.497 e. The first kappa shape index (κ1) is 15.9. The molecule has 0 aliphatic rings. The van der Waals surface area contributed by atoms with Crippen molar-refractivity contribution in [1.29, 1.82) is 0 Å². The standard InChI is InChI=1S/C17H15N3O3S/c1-22-14-6-8-15(9-7-14)23-10-12-2-4-13(5-3-12)16(21)19-17-20-18-11-24-17/h2-9,11H,10H2,1H3,(H,19,20,21). The molecule has 3 aromatic rings. The first-order valence-corrected chi connectivity index (χ1v) is 8.06. The van der Waals surface area contributed by atoms with Crippen LogP contribution in [0.5, 0.6) is 11.5 Å². The number of hydrogen-bond acceptors (Lipinski definition) is 6. The fraction of sp³-hybridized carbons (Fsp3) is 0.118. The van der Waals surface area contributed by atoms with Crippen LogP contribution < -0.4 is 14.8 Å². The molecule has 1 heterocycles. The molecule has 0 spiro atoms. The number of nitrogens with zero attached hydrogens (tertiary/aromatic N) is 2. The van der Waals surface area contributed by atoms with Gasteiger partial charge in [-0.15, -0.1) is 10.2 Å². The minimum absolute atomic E-state index is 0.214. The molecule has 7 heteroatoms. The van der Waals surface area contributed by atoms with Crippen molar-refractivity contribution < 1.29 is 14.3 Å². The molecular formula is C17H15N3O3S. The molecule has 6 nitrogen and oxygen atoms in total. The van der Waals surface area contributed by atoms with E-state index in [1.54, 1.807) is 24.8 Å². The molecule has 0 atom stereocenters. The molecule has 122 valence electrons. The van der Waals surface area contributed by atoms with Crippen LogP contribution in [0.4, 0.5) is 5.13 Å². The molecule has 0 bridgehead atoms. The van der Waals surface area contributed by atoms with Gasteiger partial charge in [0.05, 0.1) is 7.11 Å². The van der Waals surface area contributed by atoms with Gasteiger partial charge in [-0.05, 0) is 42.0 Å². The summed E-state index contributed by atoms with van der Waals surface area (Å²) in [6, 6.07) is 14.6. The monoisotopic (exact) mass is 341 g/mol. The van der Waals surface area contributed by atoms with Crippen LogP contribution in [0.2, 0.25) is 0 Å². The third kappa shape index (κ3) is 4.08. The van der Waals surface area contributed by atoms with Gasteiger partial charge >= 0.3 is 0 Å². The van der Waals surface area contributed by atoms with Crippen molar-refractivity contribution in [3.8, 4) is 11.5 Å². The quantitative estimate of drug-likeness (QED) is 0.744. The zero-order chi connectivity index (χ0) is 16.8. The average molecular weight is 341 g/mol. The molecule has 0 saturated heterocycles. The molecule has 2 aromatic carbocycles. The van der Waals surface area contributed by atoms with Crippen LogP contribution in [0.3, 0.4) is 0 Å². The van der Waals surface area contributed by atoms with Crippen LogP contribution >= 0.6 is 11.3 Å². The van der Waals surface area contributed by atoms with E-state index in [1.807, 2.05) is 36.4 Å². The normalized spacial score (nSPS) is 10.2. The summed E-state index contributed by atoms with van der Waals surface area (Å²) in [6.45, 7) is 0.421. The third-order valence-electron chi connectivity index (χ3n) is 3.26. The van der Waals surface area contributed by atoms with Crippen LogP contribution in [0.25, 0.3) is 0 Å². The molecule has 3 rings (SSSR count).